The molecule has 28 heteroatoms. The van der Waals surface area contributed by atoms with Crippen LogP contribution in [-0.2, 0) is 65.0 Å². The molecule has 0 saturated heterocycles. The smallest absolute Gasteiger partial charge is 0.416 e. The van der Waals surface area contributed by atoms with E-state index in [9.17, 15) is 105 Å². The summed E-state index contributed by atoms with van der Waals surface area (Å²) < 4.78 is 352. The van der Waals surface area contributed by atoms with Crippen molar-refractivity contribution in [3.63, 3.8) is 0 Å². The monoisotopic (exact) mass is 1200 g/mol. The van der Waals surface area contributed by atoms with E-state index in [1.807, 2.05) is 12.1 Å². The van der Waals surface area contributed by atoms with Gasteiger partial charge in [-0.2, -0.15) is 127 Å². The second-order valence-corrected chi connectivity index (χ2v) is 19.4. The lowest BCUT2D eigenvalue weighted by Gasteiger charge is -2.46. The highest BCUT2D eigenvalue weighted by Crippen LogP contribution is 2.42. The molecule has 0 aliphatic rings. The number of halogens is 24. The predicted octanol–water partition coefficient (Wildman–Crippen LogP) is 16.0. The van der Waals surface area contributed by atoms with Gasteiger partial charge >= 0.3 is 49.4 Å². The van der Waals surface area contributed by atoms with Crippen molar-refractivity contribution in [3.05, 3.63) is 202 Å². The molecule has 0 amide bonds. The first kappa shape index (κ1) is 63.2. The standard InChI is InChI=1S/C32H12BF24.C21H21O2S/c34-25(35,36)13-1-14(26(37,38)39)6-21(5-13)33(22-7-15(27(40,41)42)2-16(8-22)28(43,44)45,23-9-17(29(46,47)48)3-18(10-23)30(49,50)51)24-11-19(31(52,53)54)4-20(12-24)32(55,56)57;1-22-16-17-23-20-14-8-9-15-21(20)24(18-10-4-2-5-11-18)19-12-6-3-7-13-19/h1-12H;2-15H,16-17H2,1H3/q-1;+1. The zero-order valence-corrected chi connectivity index (χ0v) is 41.1. The Hall–Kier alpha value is -6.97. The second-order valence-electron chi connectivity index (χ2n) is 17.4. The number of hydrogen-bond acceptors (Lipinski definition) is 2. The third-order valence-electron chi connectivity index (χ3n) is 12.0. The first-order valence-electron chi connectivity index (χ1n) is 22.6. The van der Waals surface area contributed by atoms with E-state index in [2.05, 4.69) is 72.8 Å². The van der Waals surface area contributed by atoms with Gasteiger partial charge in [0.15, 0.2) is 15.5 Å². The first-order valence-corrected chi connectivity index (χ1v) is 23.8. The van der Waals surface area contributed by atoms with E-state index in [-0.39, 0.29) is 10.9 Å². The van der Waals surface area contributed by atoms with Crippen molar-refractivity contribution in [2.24, 2.45) is 0 Å². The molecule has 0 fully saturated rings. The molecule has 81 heavy (non-hydrogen) atoms. The molecule has 0 heterocycles. The van der Waals surface area contributed by atoms with Gasteiger partial charge in [-0.15, -0.1) is 0 Å². The Kier molecular flexibility index (Phi) is 18.0. The van der Waals surface area contributed by atoms with Gasteiger partial charge in [0.05, 0.1) is 51.1 Å². The minimum absolute atomic E-state index is 0.197. The Labute approximate surface area is 445 Å². The first-order chi connectivity index (χ1) is 37.2. The van der Waals surface area contributed by atoms with Crippen LogP contribution < -0.4 is 26.6 Å². The molecule has 0 atom stereocenters. The van der Waals surface area contributed by atoms with Gasteiger partial charge in [-0.05, 0) is 60.7 Å². The van der Waals surface area contributed by atoms with Crippen LogP contribution in [0.4, 0.5) is 105 Å². The lowest BCUT2D eigenvalue weighted by Crippen LogP contribution is -2.75. The van der Waals surface area contributed by atoms with Crippen molar-refractivity contribution in [2.75, 3.05) is 20.3 Å². The lowest BCUT2D eigenvalue weighted by atomic mass is 9.12. The molecule has 0 aromatic heterocycles. The van der Waals surface area contributed by atoms with E-state index in [0.717, 1.165) is 5.75 Å². The van der Waals surface area contributed by atoms with E-state index in [4.69, 9.17) is 9.47 Å². The highest BCUT2D eigenvalue weighted by Gasteiger charge is 2.47. The van der Waals surface area contributed by atoms with Gasteiger partial charge in [-0.25, -0.2) is 0 Å². The summed E-state index contributed by atoms with van der Waals surface area (Å²) in [6.45, 7) is 1.13. The minimum atomic E-state index is -6.13. The fourth-order valence-corrected chi connectivity index (χ4v) is 10.7. The molecular weight excluding hydrogens is 1170 g/mol. The molecule has 0 spiro atoms. The van der Waals surface area contributed by atoms with Gasteiger partial charge < -0.3 is 9.47 Å². The molecule has 7 rings (SSSR count). The minimum Gasteiger partial charge on any atom is -0.486 e. The summed E-state index contributed by atoms with van der Waals surface area (Å²) in [6, 6.07) is 20.7. The largest absolute Gasteiger partial charge is 0.486 e. The molecule has 0 aliphatic heterocycles. The highest BCUT2D eigenvalue weighted by atomic mass is 32.2. The van der Waals surface area contributed by atoms with Crippen molar-refractivity contribution in [3.8, 4) is 5.75 Å². The molecule has 7 aromatic rings. The summed E-state index contributed by atoms with van der Waals surface area (Å²) in [7, 11) is 1.49. The van der Waals surface area contributed by atoms with Gasteiger partial charge in [-0.3, -0.25) is 0 Å². The van der Waals surface area contributed by atoms with Gasteiger partial charge in [-0.1, -0.05) is 97.1 Å². The normalized spacial score (nSPS) is 13.3. The Morgan fingerprint density at radius 3 is 0.778 bits per heavy atom. The van der Waals surface area contributed by atoms with Crippen LogP contribution in [0.2, 0.25) is 0 Å². The summed E-state index contributed by atoms with van der Waals surface area (Å²) in [4.78, 5) is 3.77. The number of benzene rings is 7. The quantitative estimate of drug-likeness (QED) is 0.0556. The van der Waals surface area contributed by atoms with Crippen molar-refractivity contribution in [1.29, 1.82) is 0 Å². The van der Waals surface area contributed by atoms with Crippen molar-refractivity contribution < 1.29 is 115 Å². The molecule has 434 valence electrons. The maximum absolute atomic E-state index is 14.2. The SMILES string of the molecule is COCCOc1ccccc1[S+](c1ccccc1)c1ccccc1.FC(F)(F)c1cc([B-](c2cc(C(F)(F)F)cc(C(F)(F)F)c2)(c2cc(C(F)(F)F)cc(C(F)(F)F)c2)c2cc(C(F)(F)F)cc(C(F)(F)F)c2)cc(C(F)(F)F)c1. The van der Waals surface area contributed by atoms with E-state index < -0.39 is 195 Å². The molecule has 0 saturated carbocycles. The fraction of sp³-hybridized carbons (Fsp3) is 0.208. The Morgan fingerprint density at radius 2 is 0.543 bits per heavy atom. The molecule has 7 aromatic carbocycles. The third-order valence-corrected chi connectivity index (χ3v) is 14.3. The zero-order chi connectivity index (χ0) is 60.5. The van der Waals surface area contributed by atoms with E-state index >= 15 is 0 Å². The Balaban J connectivity index is 0.000000363. The van der Waals surface area contributed by atoms with Gasteiger partial charge in [0, 0.05) is 7.11 Å². The molecule has 0 radical (unpaired) electrons. The van der Waals surface area contributed by atoms with Crippen LogP contribution in [0.5, 0.6) is 5.75 Å². The maximum Gasteiger partial charge on any atom is 0.416 e. The maximum atomic E-state index is 14.2. The van der Waals surface area contributed by atoms with Crippen molar-refractivity contribution in [1.82, 2.24) is 0 Å². The van der Waals surface area contributed by atoms with Crippen LogP contribution in [0.3, 0.4) is 0 Å². The van der Waals surface area contributed by atoms with Crippen LogP contribution in [0.15, 0.2) is 172 Å². The summed E-state index contributed by atoms with van der Waals surface area (Å²) >= 11 is 0. The summed E-state index contributed by atoms with van der Waals surface area (Å²) in [5, 5.41) is 0. The average molecular weight is 1200 g/mol. The fourth-order valence-electron chi connectivity index (χ4n) is 8.55. The van der Waals surface area contributed by atoms with E-state index in [1.165, 1.54) is 14.7 Å². The topological polar surface area (TPSA) is 18.5 Å². The van der Waals surface area contributed by atoms with Crippen LogP contribution in [0.1, 0.15) is 44.5 Å². The average Bonchev–Trinajstić information content (AvgIpc) is 3.36. The predicted molar refractivity (Wildman–Crippen MR) is 249 cm³/mol. The van der Waals surface area contributed by atoms with Crippen LogP contribution in [0.25, 0.3) is 0 Å². The van der Waals surface area contributed by atoms with Gasteiger partial charge in [0.25, 0.3) is 0 Å². The molecule has 0 unspecified atom stereocenters. The Morgan fingerprint density at radius 1 is 0.309 bits per heavy atom. The van der Waals surface area contributed by atoms with E-state index in [0.29, 0.717) is 13.2 Å². The second kappa shape index (κ2) is 23.1. The summed E-state index contributed by atoms with van der Waals surface area (Å²) in [5.41, 5.74) is -30.2. The van der Waals surface area contributed by atoms with Gasteiger partial charge in [0.2, 0.25) is 4.90 Å². The highest BCUT2D eigenvalue weighted by molar-refractivity contribution is 7.97. The number of alkyl halides is 24. The lowest BCUT2D eigenvalue weighted by molar-refractivity contribution is -0.144. The molecular formula is C53H33BF24O2S. The Bertz CT molecular complexity index is 2810. The number of ether oxygens (including phenoxy) is 2. The summed E-state index contributed by atoms with van der Waals surface area (Å²) in [6.07, 6.45) is -54.8. The van der Waals surface area contributed by atoms with Gasteiger partial charge in [0.1, 0.15) is 23.6 Å². The van der Waals surface area contributed by atoms with Crippen molar-refractivity contribution in [2.45, 2.75) is 64.1 Å². The third kappa shape index (κ3) is 14.9. The number of methoxy groups -OCH3 is 1. The van der Waals surface area contributed by atoms with Crippen molar-refractivity contribution >= 4 is 38.9 Å². The van der Waals surface area contributed by atoms with Crippen LogP contribution in [-0.4, -0.2) is 26.5 Å². The van der Waals surface area contributed by atoms with E-state index in [1.54, 1.807) is 7.11 Å². The molecule has 0 N–H and O–H groups in total. The summed E-state index contributed by atoms with van der Waals surface area (Å²) in [5.74, 6) is 0.922. The van der Waals surface area contributed by atoms with Crippen LogP contribution >= 0.6 is 0 Å². The molecule has 0 aliphatic carbocycles. The zero-order valence-electron chi connectivity index (χ0n) is 40.3. The number of hydrogen-bond donors (Lipinski definition) is 0. The number of para-hydroxylation sites is 1. The molecule has 2 nitrogen and oxygen atoms in total. The molecule has 0 bridgehead atoms. The number of rotatable bonds is 11. The van der Waals surface area contributed by atoms with Crippen LogP contribution in [0, 0.1) is 0 Å².